The Morgan fingerprint density at radius 2 is 2.28 bits per heavy atom. The molecule has 0 aliphatic rings. The minimum Gasteiger partial charge on any atom is -0.458 e. The molecule has 0 saturated heterocycles. The average molecular weight is 250 g/mol. The summed E-state index contributed by atoms with van der Waals surface area (Å²) >= 11 is 0. The third kappa shape index (κ3) is 2.84. The zero-order valence-electron chi connectivity index (χ0n) is 10.2. The highest BCUT2D eigenvalue weighted by Gasteiger charge is 2.08. The van der Waals surface area contributed by atoms with Crippen LogP contribution < -0.4 is 5.73 Å². The van der Waals surface area contributed by atoms with Gasteiger partial charge in [0, 0.05) is 7.05 Å². The highest BCUT2D eigenvalue weighted by molar-refractivity contribution is 5.69. The van der Waals surface area contributed by atoms with Gasteiger partial charge in [0.05, 0.1) is 11.4 Å². The van der Waals surface area contributed by atoms with Crippen molar-refractivity contribution in [3.05, 3.63) is 23.8 Å². The number of esters is 1. The molecule has 2 rings (SSSR count). The lowest BCUT2D eigenvalue weighted by atomic mass is 10.4. The Hall–Kier alpha value is -2.38. The van der Waals surface area contributed by atoms with Crippen molar-refractivity contribution < 1.29 is 9.53 Å². The second-order valence-corrected chi connectivity index (χ2v) is 3.86. The van der Waals surface area contributed by atoms with Crippen molar-refractivity contribution in [1.29, 1.82) is 0 Å². The molecule has 96 valence electrons. The van der Waals surface area contributed by atoms with Crippen LogP contribution in [0.2, 0.25) is 0 Å². The second-order valence-electron chi connectivity index (χ2n) is 3.86. The number of aryl methyl sites for hydroxylation is 2. The molecule has 0 saturated carbocycles. The van der Waals surface area contributed by atoms with Gasteiger partial charge in [-0.25, -0.2) is 9.67 Å². The smallest absolute Gasteiger partial charge is 0.328 e. The van der Waals surface area contributed by atoms with Crippen molar-refractivity contribution in [3.63, 3.8) is 0 Å². The molecule has 0 radical (unpaired) electrons. The number of anilines is 1. The molecule has 0 aliphatic heterocycles. The number of hydrogen-bond acceptors (Lipinski definition) is 6. The highest BCUT2D eigenvalue weighted by Crippen LogP contribution is 2.04. The summed E-state index contributed by atoms with van der Waals surface area (Å²) in [4.78, 5) is 15.2. The number of aromatic nitrogens is 5. The van der Waals surface area contributed by atoms with Crippen molar-refractivity contribution in [3.8, 4) is 0 Å². The van der Waals surface area contributed by atoms with Gasteiger partial charge in [-0.3, -0.25) is 9.48 Å². The van der Waals surface area contributed by atoms with Crippen LogP contribution >= 0.6 is 0 Å². The van der Waals surface area contributed by atoms with E-state index in [2.05, 4.69) is 15.2 Å². The van der Waals surface area contributed by atoms with Crippen LogP contribution in [0, 0.1) is 6.92 Å². The van der Waals surface area contributed by atoms with Gasteiger partial charge in [-0.05, 0) is 13.0 Å². The first-order valence-electron chi connectivity index (χ1n) is 5.34. The van der Waals surface area contributed by atoms with Gasteiger partial charge in [0.2, 0.25) is 5.95 Å². The fourth-order valence-electron chi connectivity index (χ4n) is 1.52. The van der Waals surface area contributed by atoms with Gasteiger partial charge in [-0.1, -0.05) is 0 Å². The van der Waals surface area contributed by atoms with Crippen molar-refractivity contribution in [2.24, 2.45) is 7.05 Å². The molecule has 0 unspecified atom stereocenters. The topological polar surface area (TPSA) is 101 Å². The molecule has 2 N–H and O–H groups in total. The maximum absolute atomic E-state index is 11.5. The first kappa shape index (κ1) is 12.1. The van der Waals surface area contributed by atoms with E-state index in [1.54, 1.807) is 11.7 Å². The number of carbonyl (C=O) groups is 1. The van der Waals surface area contributed by atoms with Gasteiger partial charge >= 0.3 is 5.97 Å². The van der Waals surface area contributed by atoms with E-state index in [1.807, 2.05) is 13.0 Å². The van der Waals surface area contributed by atoms with Gasteiger partial charge in [0.25, 0.3) is 0 Å². The molecule has 8 nitrogen and oxygen atoms in total. The summed E-state index contributed by atoms with van der Waals surface area (Å²) in [6.07, 6.45) is 1.38. The van der Waals surface area contributed by atoms with E-state index in [1.165, 1.54) is 11.0 Å². The summed E-state index contributed by atoms with van der Waals surface area (Å²) in [5.74, 6) is -0.274. The molecule has 2 heterocycles. The predicted octanol–water partition coefficient (Wildman–Crippen LogP) is -0.354. The van der Waals surface area contributed by atoms with Crippen LogP contribution in [0.1, 0.15) is 11.4 Å². The highest BCUT2D eigenvalue weighted by atomic mass is 16.5. The van der Waals surface area contributed by atoms with Crippen LogP contribution in [-0.2, 0) is 29.7 Å². The minimum absolute atomic E-state index is 0.0129. The molecule has 0 amide bonds. The zero-order chi connectivity index (χ0) is 13.1. The molecule has 0 aromatic carbocycles. The van der Waals surface area contributed by atoms with E-state index < -0.39 is 5.97 Å². The van der Waals surface area contributed by atoms with Crippen LogP contribution in [0.3, 0.4) is 0 Å². The van der Waals surface area contributed by atoms with E-state index in [0.717, 1.165) is 11.4 Å². The van der Waals surface area contributed by atoms with E-state index in [-0.39, 0.29) is 19.1 Å². The lowest BCUT2D eigenvalue weighted by Crippen LogP contribution is -2.15. The molecule has 18 heavy (non-hydrogen) atoms. The summed E-state index contributed by atoms with van der Waals surface area (Å²) in [5, 5.41) is 7.95. The fraction of sp³-hybridized carbons (Fsp3) is 0.400. The van der Waals surface area contributed by atoms with Crippen molar-refractivity contribution >= 4 is 11.9 Å². The average Bonchev–Trinajstić information content (AvgIpc) is 2.82. The molecule has 0 bridgehead atoms. The first-order valence-corrected chi connectivity index (χ1v) is 5.34. The molecule has 0 spiro atoms. The summed E-state index contributed by atoms with van der Waals surface area (Å²) in [6, 6.07) is 1.86. The summed E-state index contributed by atoms with van der Waals surface area (Å²) in [5.41, 5.74) is 7.05. The Morgan fingerprint density at radius 1 is 1.50 bits per heavy atom. The first-order chi connectivity index (χ1) is 8.54. The minimum atomic E-state index is -0.404. The Labute approximate surface area is 103 Å². The number of nitrogen functional groups attached to an aromatic ring is 1. The van der Waals surface area contributed by atoms with Crippen molar-refractivity contribution in [1.82, 2.24) is 24.5 Å². The molecule has 0 fully saturated rings. The summed E-state index contributed by atoms with van der Waals surface area (Å²) < 4.78 is 8.11. The zero-order valence-corrected chi connectivity index (χ0v) is 10.2. The van der Waals surface area contributed by atoms with Crippen LogP contribution in [0.25, 0.3) is 0 Å². The van der Waals surface area contributed by atoms with Gasteiger partial charge in [0.1, 0.15) is 19.5 Å². The molecular weight excluding hydrogens is 236 g/mol. The van der Waals surface area contributed by atoms with Crippen LogP contribution in [0.4, 0.5) is 5.95 Å². The third-order valence-corrected chi connectivity index (χ3v) is 2.33. The maximum Gasteiger partial charge on any atom is 0.328 e. The number of nitrogens with two attached hydrogens (primary N) is 1. The number of carbonyl (C=O) groups excluding carboxylic acids is 1. The lowest BCUT2D eigenvalue weighted by Gasteiger charge is -2.04. The normalized spacial score (nSPS) is 10.6. The Balaban J connectivity index is 1.87. The second kappa shape index (κ2) is 4.86. The predicted molar refractivity (Wildman–Crippen MR) is 62.2 cm³/mol. The van der Waals surface area contributed by atoms with Crippen LogP contribution in [0.15, 0.2) is 12.4 Å². The van der Waals surface area contributed by atoms with Gasteiger partial charge < -0.3 is 10.5 Å². The number of hydrogen-bond donors (Lipinski definition) is 1. The third-order valence-electron chi connectivity index (χ3n) is 2.33. The lowest BCUT2D eigenvalue weighted by molar-refractivity contribution is -0.146. The molecular formula is C10H14N6O2. The van der Waals surface area contributed by atoms with E-state index >= 15 is 0 Å². The quantitative estimate of drug-likeness (QED) is 0.744. The standard InChI is InChI=1S/C10H14N6O2/c1-7-3-8(15(2)13-7)5-18-9(17)4-16-6-12-10(11)14-16/h3,6H,4-5H2,1-2H3,(H2,11,14). The largest absolute Gasteiger partial charge is 0.458 e. The number of rotatable bonds is 4. The van der Waals surface area contributed by atoms with Gasteiger partial charge in [0.15, 0.2) is 0 Å². The SMILES string of the molecule is Cc1cc(COC(=O)Cn2cnc(N)n2)n(C)n1. The van der Waals surface area contributed by atoms with Crippen molar-refractivity contribution in [2.75, 3.05) is 5.73 Å². The Kier molecular flexibility index (Phi) is 3.26. The summed E-state index contributed by atoms with van der Waals surface area (Å²) in [7, 11) is 1.80. The monoisotopic (exact) mass is 250 g/mol. The fourth-order valence-corrected chi connectivity index (χ4v) is 1.52. The van der Waals surface area contributed by atoms with E-state index in [9.17, 15) is 4.79 Å². The number of ether oxygens (including phenoxy) is 1. The Morgan fingerprint density at radius 3 is 2.83 bits per heavy atom. The van der Waals surface area contributed by atoms with Crippen LogP contribution in [0.5, 0.6) is 0 Å². The summed E-state index contributed by atoms with van der Waals surface area (Å²) in [6.45, 7) is 2.05. The molecule has 0 atom stereocenters. The van der Waals surface area contributed by atoms with Gasteiger partial charge in [-0.2, -0.15) is 5.10 Å². The molecule has 8 heteroatoms. The van der Waals surface area contributed by atoms with Crippen molar-refractivity contribution in [2.45, 2.75) is 20.1 Å². The maximum atomic E-state index is 11.5. The van der Waals surface area contributed by atoms with E-state index in [0.29, 0.717) is 0 Å². The molecule has 2 aromatic rings. The molecule has 0 aliphatic carbocycles. The van der Waals surface area contributed by atoms with E-state index in [4.69, 9.17) is 10.5 Å². The van der Waals surface area contributed by atoms with Gasteiger partial charge in [-0.15, -0.1) is 5.10 Å². The Bertz CT molecular complexity index is 558. The molecule has 2 aromatic heterocycles. The van der Waals surface area contributed by atoms with Crippen LogP contribution in [-0.4, -0.2) is 30.5 Å². The number of nitrogens with zero attached hydrogens (tertiary/aromatic N) is 5.